The van der Waals surface area contributed by atoms with Gasteiger partial charge in [-0.2, -0.15) is 11.3 Å². The first-order valence-corrected chi connectivity index (χ1v) is 10.4. The molecule has 2 rings (SSSR count). The van der Waals surface area contributed by atoms with Gasteiger partial charge in [0.05, 0.1) is 4.90 Å². The minimum absolute atomic E-state index is 0.273. The second-order valence-corrected chi connectivity index (χ2v) is 8.17. The Morgan fingerprint density at radius 3 is 2.64 bits per heavy atom. The fourth-order valence-corrected chi connectivity index (χ4v) is 4.27. The molecule has 0 unspecified atom stereocenters. The molecule has 0 aliphatic rings. The van der Waals surface area contributed by atoms with Crippen LogP contribution in [0.4, 0.5) is 0 Å². The second kappa shape index (κ2) is 8.98. The summed E-state index contributed by atoms with van der Waals surface area (Å²) < 4.78 is 27.5. The van der Waals surface area contributed by atoms with Gasteiger partial charge >= 0.3 is 0 Å². The van der Waals surface area contributed by atoms with Crippen LogP contribution in [-0.4, -0.2) is 34.5 Å². The van der Waals surface area contributed by atoms with Gasteiger partial charge in [-0.3, -0.25) is 4.99 Å². The van der Waals surface area contributed by atoms with Gasteiger partial charge in [-0.1, -0.05) is 12.1 Å². The molecule has 3 N–H and O–H groups in total. The topological polar surface area (TPSA) is 82.6 Å². The van der Waals surface area contributed by atoms with Crippen molar-refractivity contribution in [1.29, 1.82) is 0 Å². The summed E-state index contributed by atoms with van der Waals surface area (Å²) in [6.45, 7) is 5.06. The van der Waals surface area contributed by atoms with Gasteiger partial charge in [-0.15, -0.1) is 0 Å². The number of aryl methyl sites for hydroxylation is 2. The zero-order valence-electron chi connectivity index (χ0n) is 14.7. The van der Waals surface area contributed by atoms with E-state index in [2.05, 4.69) is 25.7 Å². The Morgan fingerprint density at radius 1 is 1.16 bits per heavy atom. The fourth-order valence-electron chi connectivity index (χ4n) is 2.24. The van der Waals surface area contributed by atoms with E-state index >= 15 is 0 Å². The summed E-state index contributed by atoms with van der Waals surface area (Å²) in [6.07, 6.45) is 0. The predicted molar refractivity (Wildman–Crippen MR) is 104 cm³/mol. The third kappa shape index (κ3) is 5.84. The number of hydrogen-bond acceptors (Lipinski definition) is 4. The zero-order valence-corrected chi connectivity index (χ0v) is 16.3. The van der Waals surface area contributed by atoms with E-state index in [0.29, 0.717) is 23.9 Å². The van der Waals surface area contributed by atoms with E-state index < -0.39 is 10.0 Å². The van der Waals surface area contributed by atoms with E-state index in [9.17, 15) is 8.42 Å². The van der Waals surface area contributed by atoms with Crippen LogP contribution in [-0.2, 0) is 16.6 Å². The van der Waals surface area contributed by atoms with Gasteiger partial charge in [0.15, 0.2) is 5.96 Å². The predicted octanol–water partition coefficient (Wildman–Crippen LogP) is 2.01. The van der Waals surface area contributed by atoms with Gasteiger partial charge in [0.1, 0.15) is 0 Å². The molecule has 0 amide bonds. The summed E-state index contributed by atoms with van der Waals surface area (Å²) in [6, 6.07) is 7.45. The average molecular weight is 381 g/mol. The van der Waals surface area contributed by atoms with Crippen molar-refractivity contribution in [3.8, 4) is 0 Å². The number of aliphatic imine (C=N–C) groups is 1. The minimum Gasteiger partial charge on any atom is -0.355 e. The van der Waals surface area contributed by atoms with Crippen molar-refractivity contribution in [1.82, 2.24) is 15.4 Å². The second-order valence-electron chi connectivity index (χ2n) is 5.65. The first-order valence-electron chi connectivity index (χ1n) is 7.95. The number of hydrogen-bond donors (Lipinski definition) is 3. The maximum atomic E-state index is 12.4. The number of rotatable bonds is 7. The maximum absolute atomic E-state index is 12.4. The first-order chi connectivity index (χ1) is 11.9. The molecule has 0 radical (unpaired) electrons. The van der Waals surface area contributed by atoms with Gasteiger partial charge in [-0.05, 0) is 53.4 Å². The van der Waals surface area contributed by atoms with Crippen LogP contribution >= 0.6 is 11.3 Å². The summed E-state index contributed by atoms with van der Waals surface area (Å²) >= 11 is 1.65. The van der Waals surface area contributed by atoms with Crippen molar-refractivity contribution >= 4 is 27.3 Å². The molecule has 2 aromatic rings. The van der Waals surface area contributed by atoms with Crippen LogP contribution < -0.4 is 15.4 Å². The molecule has 0 spiro atoms. The van der Waals surface area contributed by atoms with Crippen LogP contribution in [0.1, 0.15) is 16.7 Å². The Kier molecular flexibility index (Phi) is 6.98. The SMILES string of the molecule is CN=C(NCCNS(=O)(=O)c1cc(C)ccc1C)NCc1ccsc1. The molecule has 25 heavy (non-hydrogen) atoms. The summed E-state index contributed by atoms with van der Waals surface area (Å²) in [5.74, 6) is 0.636. The Balaban J connectivity index is 1.82. The highest BCUT2D eigenvalue weighted by Crippen LogP contribution is 2.16. The molecule has 0 saturated heterocycles. The lowest BCUT2D eigenvalue weighted by molar-refractivity contribution is 0.580. The Hall–Kier alpha value is -1.90. The highest BCUT2D eigenvalue weighted by molar-refractivity contribution is 7.89. The average Bonchev–Trinajstić information content (AvgIpc) is 3.09. The minimum atomic E-state index is -3.51. The van der Waals surface area contributed by atoms with Crippen LogP contribution in [0.3, 0.4) is 0 Å². The van der Waals surface area contributed by atoms with E-state index in [1.54, 1.807) is 31.4 Å². The standard InChI is InChI=1S/C17H24N4O2S2/c1-13-4-5-14(2)16(10-13)25(22,23)21-8-7-19-17(18-3)20-11-15-6-9-24-12-15/h4-6,9-10,12,21H,7-8,11H2,1-3H3,(H2,18,19,20). The van der Waals surface area contributed by atoms with Crippen LogP contribution in [0.2, 0.25) is 0 Å². The first kappa shape index (κ1) is 19.4. The number of benzene rings is 1. The maximum Gasteiger partial charge on any atom is 0.240 e. The van der Waals surface area contributed by atoms with Crippen molar-refractivity contribution in [2.45, 2.75) is 25.3 Å². The summed E-state index contributed by atoms with van der Waals surface area (Å²) in [4.78, 5) is 4.45. The van der Waals surface area contributed by atoms with Gasteiger partial charge in [-0.25, -0.2) is 13.1 Å². The van der Waals surface area contributed by atoms with Crippen LogP contribution in [0.5, 0.6) is 0 Å². The molecular weight excluding hydrogens is 356 g/mol. The van der Waals surface area contributed by atoms with Gasteiger partial charge in [0.2, 0.25) is 10.0 Å². The van der Waals surface area contributed by atoms with Crippen LogP contribution in [0.15, 0.2) is 44.9 Å². The quantitative estimate of drug-likeness (QED) is 0.390. The van der Waals surface area contributed by atoms with E-state index in [4.69, 9.17) is 0 Å². The molecule has 0 saturated carbocycles. The van der Waals surface area contributed by atoms with Gasteiger partial charge in [0.25, 0.3) is 0 Å². The highest BCUT2D eigenvalue weighted by Gasteiger charge is 2.16. The van der Waals surface area contributed by atoms with Crippen molar-refractivity contribution < 1.29 is 8.42 Å². The molecule has 1 aromatic heterocycles. The van der Waals surface area contributed by atoms with Crippen molar-refractivity contribution in [2.24, 2.45) is 4.99 Å². The van der Waals surface area contributed by atoms with E-state index in [1.807, 2.05) is 30.5 Å². The lowest BCUT2D eigenvalue weighted by Gasteiger charge is -2.13. The lowest BCUT2D eigenvalue weighted by atomic mass is 10.2. The Bertz CT molecular complexity index is 815. The van der Waals surface area contributed by atoms with E-state index in [1.165, 1.54) is 5.56 Å². The third-order valence-corrected chi connectivity index (χ3v) is 5.94. The molecule has 0 atom stereocenters. The molecule has 0 aliphatic carbocycles. The number of nitrogens with zero attached hydrogens (tertiary/aromatic N) is 1. The number of thiophene rings is 1. The summed E-state index contributed by atoms with van der Waals surface area (Å²) in [5.41, 5.74) is 2.84. The Labute approximate surface area is 153 Å². The molecule has 1 heterocycles. The summed E-state index contributed by atoms with van der Waals surface area (Å²) in [7, 11) is -1.83. The van der Waals surface area contributed by atoms with Crippen molar-refractivity contribution in [3.05, 3.63) is 51.7 Å². The number of nitrogens with one attached hydrogen (secondary N) is 3. The number of sulfonamides is 1. The molecule has 0 fully saturated rings. The molecule has 0 bridgehead atoms. The van der Waals surface area contributed by atoms with Gasteiger partial charge in [0, 0.05) is 26.7 Å². The zero-order chi connectivity index (χ0) is 18.3. The van der Waals surface area contributed by atoms with Crippen LogP contribution in [0.25, 0.3) is 0 Å². The molecule has 8 heteroatoms. The van der Waals surface area contributed by atoms with Crippen molar-refractivity contribution in [2.75, 3.05) is 20.1 Å². The number of guanidine groups is 1. The molecule has 136 valence electrons. The molecular formula is C17H24N4O2S2. The Morgan fingerprint density at radius 2 is 1.96 bits per heavy atom. The molecule has 0 aliphatic heterocycles. The van der Waals surface area contributed by atoms with Crippen LogP contribution in [0, 0.1) is 13.8 Å². The lowest BCUT2D eigenvalue weighted by Crippen LogP contribution is -2.41. The monoisotopic (exact) mass is 380 g/mol. The normalized spacial score (nSPS) is 12.2. The van der Waals surface area contributed by atoms with Crippen molar-refractivity contribution in [3.63, 3.8) is 0 Å². The smallest absolute Gasteiger partial charge is 0.240 e. The van der Waals surface area contributed by atoms with E-state index in [-0.39, 0.29) is 6.54 Å². The molecule has 6 nitrogen and oxygen atoms in total. The largest absolute Gasteiger partial charge is 0.355 e. The third-order valence-electron chi connectivity index (χ3n) is 3.61. The van der Waals surface area contributed by atoms with E-state index in [0.717, 1.165) is 11.1 Å². The fraction of sp³-hybridized carbons (Fsp3) is 0.353. The highest BCUT2D eigenvalue weighted by atomic mass is 32.2. The van der Waals surface area contributed by atoms with Gasteiger partial charge < -0.3 is 10.6 Å². The molecule has 1 aromatic carbocycles. The summed E-state index contributed by atoms with van der Waals surface area (Å²) in [5, 5.41) is 10.4.